The van der Waals surface area contributed by atoms with Gasteiger partial charge in [-0.3, -0.25) is 0 Å². The van der Waals surface area contributed by atoms with Gasteiger partial charge >= 0.3 is 0 Å². The quantitative estimate of drug-likeness (QED) is 0.603. The van der Waals surface area contributed by atoms with Crippen LogP contribution in [-0.4, -0.2) is 24.0 Å². The second-order valence-electron chi connectivity index (χ2n) is 4.30. The van der Waals surface area contributed by atoms with Crippen molar-refractivity contribution in [3.05, 3.63) is 0 Å². The highest BCUT2D eigenvalue weighted by Gasteiger charge is 2.27. The maximum absolute atomic E-state index is 2.71. The monoisotopic (exact) mass is 183 g/mol. The molecule has 1 aliphatic carbocycles. The van der Waals surface area contributed by atoms with Crippen molar-refractivity contribution in [3.8, 4) is 0 Å². The Kier molecular flexibility index (Phi) is 4.79. The van der Waals surface area contributed by atoms with Crippen LogP contribution in [-0.2, 0) is 0 Å². The first-order valence-corrected chi connectivity index (χ1v) is 6.10. The lowest BCUT2D eigenvalue weighted by Gasteiger charge is -2.41. The van der Waals surface area contributed by atoms with Gasteiger partial charge in [0.2, 0.25) is 0 Å². The molecule has 0 amide bonds. The zero-order chi connectivity index (χ0) is 9.68. The fourth-order valence-electron chi connectivity index (χ4n) is 2.15. The van der Waals surface area contributed by atoms with Gasteiger partial charge in [-0.15, -0.1) is 0 Å². The highest BCUT2D eigenvalue weighted by atomic mass is 15.2. The van der Waals surface area contributed by atoms with Gasteiger partial charge < -0.3 is 4.90 Å². The van der Waals surface area contributed by atoms with Crippen molar-refractivity contribution in [3.63, 3.8) is 0 Å². The lowest BCUT2D eigenvalue weighted by Crippen LogP contribution is -2.44. The van der Waals surface area contributed by atoms with Crippen LogP contribution in [0.5, 0.6) is 0 Å². The predicted octanol–water partition coefficient (Wildman–Crippen LogP) is 3.30. The van der Waals surface area contributed by atoms with Gasteiger partial charge in [0.05, 0.1) is 0 Å². The van der Waals surface area contributed by atoms with Crippen LogP contribution in [0.1, 0.15) is 52.9 Å². The smallest absolute Gasteiger partial charge is 0.00952 e. The van der Waals surface area contributed by atoms with E-state index in [0.29, 0.717) is 0 Å². The van der Waals surface area contributed by atoms with Crippen molar-refractivity contribution >= 4 is 0 Å². The van der Waals surface area contributed by atoms with Crippen molar-refractivity contribution in [2.75, 3.05) is 13.1 Å². The van der Waals surface area contributed by atoms with Crippen molar-refractivity contribution in [1.82, 2.24) is 4.90 Å². The van der Waals surface area contributed by atoms with Gasteiger partial charge in [-0.25, -0.2) is 0 Å². The second-order valence-corrected chi connectivity index (χ2v) is 4.30. The Labute approximate surface area is 83.5 Å². The van der Waals surface area contributed by atoms with Gasteiger partial charge in [-0.2, -0.15) is 0 Å². The molecule has 1 aliphatic heterocycles. The molecule has 1 saturated carbocycles. The molecule has 0 spiro atoms. The van der Waals surface area contributed by atoms with Crippen molar-refractivity contribution in [2.45, 2.75) is 58.9 Å². The molecule has 2 fully saturated rings. The van der Waals surface area contributed by atoms with Crippen LogP contribution in [0.3, 0.4) is 0 Å². The van der Waals surface area contributed by atoms with Crippen LogP contribution in [0, 0.1) is 5.92 Å². The molecular formula is C12H25N. The molecule has 1 nitrogen and oxygen atoms in total. The summed E-state index contributed by atoms with van der Waals surface area (Å²) in [5.74, 6) is 0.992. The Balaban J connectivity index is 0.000000396. The van der Waals surface area contributed by atoms with E-state index in [4.69, 9.17) is 0 Å². The number of nitrogens with zero attached hydrogens (tertiary/aromatic N) is 1. The van der Waals surface area contributed by atoms with Gasteiger partial charge in [-0.1, -0.05) is 27.2 Å². The van der Waals surface area contributed by atoms with E-state index in [1.54, 1.807) is 0 Å². The van der Waals surface area contributed by atoms with Crippen LogP contribution in [0.4, 0.5) is 0 Å². The molecule has 0 atom stereocenters. The van der Waals surface area contributed by atoms with Crippen molar-refractivity contribution in [1.29, 1.82) is 0 Å². The lowest BCUT2D eigenvalue weighted by atomic mass is 9.88. The summed E-state index contributed by atoms with van der Waals surface area (Å²) >= 11 is 0. The molecular weight excluding hydrogens is 158 g/mol. The summed E-state index contributed by atoms with van der Waals surface area (Å²) < 4.78 is 0. The predicted molar refractivity (Wildman–Crippen MR) is 59.0 cm³/mol. The Bertz CT molecular complexity index is 121. The zero-order valence-electron chi connectivity index (χ0n) is 9.55. The number of rotatable bonds is 1. The Hall–Kier alpha value is -0.0400. The maximum atomic E-state index is 2.71. The van der Waals surface area contributed by atoms with Gasteiger partial charge in [0, 0.05) is 6.04 Å². The molecule has 1 heterocycles. The van der Waals surface area contributed by atoms with Crippen molar-refractivity contribution < 1.29 is 0 Å². The Morgan fingerprint density at radius 2 is 1.46 bits per heavy atom. The molecule has 78 valence electrons. The van der Waals surface area contributed by atoms with Crippen LogP contribution in [0.25, 0.3) is 0 Å². The van der Waals surface area contributed by atoms with E-state index in [1.807, 2.05) is 13.8 Å². The molecule has 2 aliphatic rings. The topological polar surface area (TPSA) is 3.24 Å². The molecule has 0 aromatic carbocycles. The Morgan fingerprint density at radius 3 is 1.85 bits per heavy atom. The second kappa shape index (κ2) is 5.64. The molecule has 0 unspecified atom stereocenters. The number of likely N-dealkylation sites (tertiary alicyclic amines) is 1. The van der Waals surface area contributed by atoms with E-state index in [9.17, 15) is 0 Å². The van der Waals surface area contributed by atoms with Gasteiger partial charge in [-0.05, 0) is 44.7 Å². The molecule has 0 bridgehead atoms. The van der Waals surface area contributed by atoms with Gasteiger partial charge in [0.1, 0.15) is 0 Å². The number of hydrogen-bond acceptors (Lipinski definition) is 1. The van der Waals surface area contributed by atoms with Crippen LogP contribution in [0.15, 0.2) is 0 Å². The van der Waals surface area contributed by atoms with Gasteiger partial charge in [0.15, 0.2) is 0 Å². The fraction of sp³-hybridized carbons (Fsp3) is 1.00. The summed E-state index contributed by atoms with van der Waals surface area (Å²) in [7, 11) is 0. The van der Waals surface area contributed by atoms with Crippen LogP contribution >= 0.6 is 0 Å². The first-order valence-electron chi connectivity index (χ1n) is 6.10. The van der Waals surface area contributed by atoms with Crippen LogP contribution in [0.2, 0.25) is 0 Å². The summed E-state index contributed by atoms with van der Waals surface area (Å²) in [5, 5.41) is 0. The third-order valence-electron chi connectivity index (χ3n) is 3.41. The number of hydrogen-bond donors (Lipinski definition) is 0. The molecule has 0 N–H and O–H groups in total. The molecule has 1 heteroatoms. The molecule has 0 aromatic rings. The summed E-state index contributed by atoms with van der Waals surface area (Å²) in [5.41, 5.74) is 0. The highest BCUT2D eigenvalue weighted by Crippen LogP contribution is 2.28. The standard InChI is InChI=1S/C10H19N.C2H6/c1-9-5-7-11(8-6-9)10-3-2-4-10;1-2/h9-10H,2-8H2,1H3;1-2H3. The fourth-order valence-corrected chi connectivity index (χ4v) is 2.15. The maximum Gasteiger partial charge on any atom is 0.00952 e. The minimum Gasteiger partial charge on any atom is -0.300 e. The average Bonchev–Trinajstić information content (AvgIpc) is 2.09. The third-order valence-corrected chi connectivity index (χ3v) is 3.41. The average molecular weight is 183 g/mol. The highest BCUT2D eigenvalue weighted by molar-refractivity contribution is 4.82. The van der Waals surface area contributed by atoms with Gasteiger partial charge in [0.25, 0.3) is 0 Å². The molecule has 0 aromatic heterocycles. The molecule has 1 saturated heterocycles. The summed E-state index contributed by atoms with van der Waals surface area (Å²) in [6.07, 6.45) is 7.33. The summed E-state index contributed by atoms with van der Waals surface area (Å²) in [4.78, 5) is 2.71. The zero-order valence-corrected chi connectivity index (χ0v) is 9.55. The molecule has 13 heavy (non-hydrogen) atoms. The third kappa shape index (κ3) is 2.98. The normalized spacial score (nSPS) is 26.1. The van der Waals surface area contributed by atoms with E-state index >= 15 is 0 Å². The molecule has 2 rings (SSSR count). The van der Waals surface area contributed by atoms with Crippen molar-refractivity contribution in [2.24, 2.45) is 5.92 Å². The van der Waals surface area contributed by atoms with E-state index in [-0.39, 0.29) is 0 Å². The lowest BCUT2D eigenvalue weighted by molar-refractivity contribution is 0.0883. The van der Waals surface area contributed by atoms with Crippen LogP contribution < -0.4 is 0 Å². The Morgan fingerprint density at radius 1 is 0.923 bits per heavy atom. The van der Waals surface area contributed by atoms with E-state index in [0.717, 1.165) is 12.0 Å². The minimum atomic E-state index is 0.988. The van der Waals surface area contributed by atoms with E-state index < -0.39 is 0 Å². The van der Waals surface area contributed by atoms with E-state index in [2.05, 4.69) is 11.8 Å². The first-order chi connectivity index (χ1) is 6.36. The number of piperidine rings is 1. The molecule has 0 radical (unpaired) electrons. The summed E-state index contributed by atoms with van der Waals surface area (Å²) in [6.45, 7) is 9.15. The van der Waals surface area contributed by atoms with E-state index in [1.165, 1.54) is 45.2 Å². The largest absolute Gasteiger partial charge is 0.300 e. The summed E-state index contributed by atoms with van der Waals surface area (Å²) in [6, 6.07) is 0.988. The first kappa shape index (κ1) is 11.0. The SMILES string of the molecule is CC.CC1CCN(C2CCC2)CC1. The minimum absolute atomic E-state index is 0.988.